The van der Waals surface area contributed by atoms with E-state index >= 15 is 0 Å². The molecule has 0 amide bonds. The van der Waals surface area contributed by atoms with Gasteiger partial charge < -0.3 is 14.4 Å². The number of carbonyl (C=O) groups is 3. The number of para-hydroxylation sites is 1. The Labute approximate surface area is 245 Å². The summed E-state index contributed by atoms with van der Waals surface area (Å²) in [6, 6.07) is 19.7. The van der Waals surface area contributed by atoms with E-state index < -0.39 is 23.4 Å². The van der Waals surface area contributed by atoms with Gasteiger partial charge in [-0.05, 0) is 41.3 Å². The number of methoxy groups -OCH3 is 2. The molecule has 6 nitrogen and oxygen atoms in total. The van der Waals surface area contributed by atoms with E-state index in [1.54, 1.807) is 48.5 Å². The monoisotopic (exact) mass is 581 g/mol. The fraction of sp³-hybridized carbons (Fsp3) is 0.182. The highest BCUT2D eigenvalue weighted by molar-refractivity contribution is 7.12. The van der Waals surface area contributed by atoms with Crippen molar-refractivity contribution in [3.8, 4) is 11.5 Å². The van der Waals surface area contributed by atoms with Crippen LogP contribution in [-0.4, -0.2) is 43.7 Å². The quantitative estimate of drug-likeness (QED) is 0.192. The lowest BCUT2D eigenvalue weighted by Crippen LogP contribution is -2.48. The molecule has 204 valence electrons. The first-order valence-corrected chi connectivity index (χ1v) is 14.4. The van der Waals surface area contributed by atoms with Crippen LogP contribution in [0.4, 0.5) is 5.69 Å². The number of hydrogen-bond donors (Lipinski definition) is 0. The van der Waals surface area contributed by atoms with Crippen molar-refractivity contribution in [1.82, 2.24) is 0 Å². The SMILES string of the molecule is COc1cccc([C@@H]2[C@@H](C(=O)c3cccs3)N3c4ccc(Cl)cc4C=C[C@H]3C23C(=O)c2ccccc2C3=O)c1OC. The van der Waals surface area contributed by atoms with Crippen LogP contribution in [0.25, 0.3) is 6.08 Å². The standard InChI is InChI=1S/C33H24ClNO5S/c1-39-24-10-5-9-22(30(24)40-2)27-28(29(36)25-11-6-16-41-25)35-23-14-13-19(34)17-18(23)12-15-26(35)33(27)31(37)20-7-3-4-8-21(20)32(33)38/h3-17,26-28H,1-2H3/t26-,27+,28-/m0/s1. The Morgan fingerprint density at radius 2 is 1.68 bits per heavy atom. The molecule has 0 unspecified atom stereocenters. The van der Waals surface area contributed by atoms with Gasteiger partial charge in [-0.3, -0.25) is 14.4 Å². The predicted octanol–water partition coefficient (Wildman–Crippen LogP) is 6.74. The number of ketones is 3. The molecule has 1 fully saturated rings. The molecule has 1 spiro atoms. The molecule has 0 saturated carbocycles. The first-order chi connectivity index (χ1) is 19.9. The van der Waals surface area contributed by atoms with Crippen LogP contribution >= 0.6 is 22.9 Å². The molecule has 0 radical (unpaired) electrons. The van der Waals surface area contributed by atoms with Gasteiger partial charge >= 0.3 is 0 Å². The van der Waals surface area contributed by atoms with E-state index in [9.17, 15) is 14.4 Å². The summed E-state index contributed by atoms with van der Waals surface area (Å²) < 4.78 is 11.5. The molecule has 1 aromatic heterocycles. The summed E-state index contributed by atoms with van der Waals surface area (Å²) in [5.74, 6) is -0.834. The second-order valence-electron chi connectivity index (χ2n) is 10.3. The topological polar surface area (TPSA) is 72.9 Å². The number of Topliss-reactive ketones (excluding diaryl/α,β-unsaturated/α-hetero) is 3. The van der Waals surface area contributed by atoms with Crippen molar-refractivity contribution in [2.45, 2.75) is 18.0 Å². The van der Waals surface area contributed by atoms with Crippen molar-refractivity contribution >= 4 is 52.1 Å². The maximum atomic E-state index is 14.8. The normalized spacial score (nSPS) is 21.5. The van der Waals surface area contributed by atoms with Crippen molar-refractivity contribution in [3.05, 3.63) is 116 Å². The van der Waals surface area contributed by atoms with Gasteiger partial charge in [0.2, 0.25) is 0 Å². The van der Waals surface area contributed by atoms with E-state index in [1.165, 1.54) is 25.6 Å². The third-order valence-electron chi connectivity index (χ3n) is 8.57. The Balaban J connectivity index is 1.59. The van der Waals surface area contributed by atoms with Gasteiger partial charge in [0, 0.05) is 33.3 Å². The van der Waals surface area contributed by atoms with Crippen LogP contribution in [0.5, 0.6) is 11.5 Å². The molecule has 0 bridgehead atoms. The number of fused-ring (bicyclic) bond motifs is 5. The van der Waals surface area contributed by atoms with E-state index in [-0.39, 0.29) is 17.3 Å². The third kappa shape index (κ3) is 3.39. The average Bonchev–Trinajstić information content (AvgIpc) is 3.70. The first-order valence-electron chi connectivity index (χ1n) is 13.2. The number of anilines is 1. The number of thiophene rings is 1. The number of nitrogens with zero attached hydrogens (tertiary/aromatic N) is 1. The molecular weight excluding hydrogens is 558 g/mol. The van der Waals surface area contributed by atoms with Crippen LogP contribution in [-0.2, 0) is 0 Å². The van der Waals surface area contributed by atoms with Gasteiger partial charge in [-0.1, -0.05) is 66.2 Å². The first kappa shape index (κ1) is 25.7. The number of benzene rings is 3. The van der Waals surface area contributed by atoms with Crippen LogP contribution in [0, 0.1) is 5.41 Å². The average molecular weight is 582 g/mol. The van der Waals surface area contributed by atoms with Gasteiger partial charge in [0.1, 0.15) is 11.5 Å². The van der Waals surface area contributed by atoms with Crippen LogP contribution in [0.15, 0.2) is 84.3 Å². The number of halogens is 1. The summed E-state index contributed by atoms with van der Waals surface area (Å²) in [5.41, 5.74) is 1.20. The largest absolute Gasteiger partial charge is 0.493 e. The lowest BCUT2D eigenvalue weighted by molar-refractivity contribution is 0.0664. The lowest BCUT2D eigenvalue weighted by Gasteiger charge is -2.37. The number of hydrogen-bond acceptors (Lipinski definition) is 7. The van der Waals surface area contributed by atoms with Crippen LogP contribution in [0.2, 0.25) is 5.02 Å². The molecule has 3 aromatic carbocycles. The van der Waals surface area contributed by atoms with Crippen molar-refractivity contribution in [3.63, 3.8) is 0 Å². The number of carbonyl (C=O) groups excluding carboxylic acids is 3. The predicted molar refractivity (Wildman–Crippen MR) is 159 cm³/mol. The summed E-state index contributed by atoms with van der Waals surface area (Å²) in [6.45, 7) is 0. The number of rotatable bonds is 5. The Kier molecular flexibility index (Phi) is 5.92. The molecule has 7 rings (SSSR count). The Morgan fingerprint density at radius 1 is 0.927 bits per heavy atom. The molecule has 41 heavy (non-hydrogen) atoms. The minimum absolute atomic E-state index is 0.176. The minimum atomic E-state index is -1.63. The van der Waals surface area contributed by atoms with Gasteiger partial charge in [0.05, 0.1) is 25.1 Å². The smallest absolute Gasteiger partial charge is 0.195 e. The summed E-state index contributed by atoms with van der Waals surface area (Å²) in [4.78, 5) is 46.6. The molecule has 4 aromatic rings. The highest BCUT2D eigenvalue weighted by Gasteiger charge is 2.72. The zero-order valence-corrected chi connectivity index (χ0v) is 23.7. The van der Waals surface area contributed by atoms with Crippen molar-refractivity contribution in [2.75, 3.05) is 19.1 Å². The van der Waals surface area contributed by atoms with Crippen LogP contribution in [0.3, 0.4) is 0 Å². The molecule has 0 N–H and O–H groups in total. The molecule has 2 aliphatic heterocycles. The molecule has 1 aliphatic carbocycles. The van der Waals surface area contributed by atoms with Crippen LogP contribution in [0.1, 0.15) is 47.4 Å². The molecule has 3 aliphatic rings. The Morgan fingerprint density at radius 3 is 2.34 bits per heavy atom. The second-order valence-corrected chi connectivity index (χ2v) is 11.7. The van der Waals surface area contributed by atoms with Crippen molar-refractivity contribution in [1.29, 1.82) is 0 Å². The maximum absolute atomic E-state index is 14.8. The Hall–Kier alpha value is -4.20. The highest BCUT2D eigenvalue weighted by atomic mass is 35.5. The fourth-order valence-electron chi connectivity index (χ4n) is 7.01. The Bertz CT molecular complexity index is 1740. The summed E-state index contributed by atoms with van der Waals surface area (Å²) in [6.07, 6.45) is 3.77. The minimum Gasteiger partial charge on any atom is -0.493 e. The third-order valence-corrected chi connectivity index (χ3v) is 9.69. The van der Waals surface area contributed by atoms with Gasteiger partial charge in [-0.2, -0.15) is 0 Å². The molecule has 3 heterocycles. The zero-order valence-electron chi connectivity index (χ0n) is 22.2. The van der Waals surface area contributed by atoms with E-state index in [2.05, 4.69) is 0 Å². The van der Waals surface area contributed by atoms with Gasteiger partial charge in [-0.15, -0.1) is 11.3 Å². The summed E-state index contributed by atoms with van der Waals surface area (Å²) >= 11 is 7.70. The molecule has 8 heteroatoms. The maximum Gasteiger partial charge on any atom is 0.195 e. The van der Waals surface area contributed by atoms with Crippen LogP contribution < -0.4 is 14.4 Å². The van der Waals surface area contributed by atoms with Crippen molar-refractivity contribution in [2.24, 2.45) is 5.41 Å². The number of ether oxygens (including phenoxy) is 2. The van der Waals surface area contributed by atoms with Gasteiger partial charge in [0.15, 0.2) is 28.8 Å². The van der Waals surface area contributed by atoms with Crippen molar-refractivity contribution < 1.29 is 23.9 Å². The summed E-state index contributed by atoms with van der Waals surface area (Å²) in [5, 5.41) is 2.40. The van der Waals surface area contributed by atoms with E-state index in [4.69, 9.17) is 21.1 Å². The van der Waals surface area contributed by atoms with Gasteiger partial charge in [0.25, 0.3) is 0 Å². The van der Waals surface area contributed by atoms with E-state index in [0.29, 0.717) is 38.1 Å². The van der Waals surface area contributed by atoms with Gasteiger partial charge in [-0.25, -0.2) is 0 Å². The highest BCUT2D eigenvalue weighted by Crippen LogP contribution is 2.62. The van der Waals surface area contributed by atoms with E-state index in [0.717, 1.165) is 11.3 Å². The molecular formula is C33H24ClNO5S. The lowest BCUT2D eigenvalue weighted by atomic mass is 9.64. The second kappa shape index (κ2) is 9.43. The molecule has 3 atom stereocenters. The van der Waals surface area contributed by atoms with E-state index in [1.807, 2.05) is 46.7 Å². The fourth-order valence-corrected chi connectivity index (χ4v) is 7.89. The summed E-state index contributed by atoms with van der Waals surface area (Å²) in [7, 11) is 3.06. The molecule has 1 saturated heterocycles. The zero-order chi connectivity index (χ0) is 28.5.